The maximum atomic E-state index is 12.2. The average Bonchev–Trinajstić information content (AvgIpc) is 2.89. The molecule has 3 fully saturated rings. The SMILES string of the molecule is O=C(NCCc1ccccc1)C1[C@@H]2[C@@H]3CC[C@@H](C3)[C@H]12. The third-order valence-corrected chi connectivity index (χ3v) is 5.59. The van der Waals surface area contributed by atoms with E-state index in [1.54, 1.807) is 0 Å². The molecule has 19 heavy (non-hydrogen) atoms. The molecule has 0 spiro atoms. The van der Waals surface area contributed by atoms with Gasteiger partial charge >= 0.3 is 0 Å². The molecule has 4 rings (SSSR count). The van der Waals surface area contributed by atoms with Crippen LogP contribution in [0.3, 0.4) is 0 Å². The fourth-order valence-corrected chi connectivity index (χ4v) is 4.77. The number of carbonyl (C=O) groups is 1. The molecule has 0 radical (unpaired) electrons. The lowest BCUT2D eigenvalue weighted by molar-refractivity contribution is -0.123. The van der Waals surface area contributed by atoms with E-state index in [2.05, 4.69) is 29.6 Å². The van der Waals surface area contributed by atoms with Gasteiger partial charge in [-0.3, -0.25) is 4.79 Å². The molecule has 0 aliphatic heterocycles. The molecule has 1 amide bonds. The summed E-state index contributed by atoms with van der Waals surface area (Å²) in [5, 5.41) is 3.15. The maximum absolute atomic E-state index is 12.2. The number of fused-ring (bicyclic) bond motifs is 5. The van der Waals surface area contributed by atoms with Crippen molar-refractivity contribution in [3.05, 3.63) is 35.9 Å². The third-order valence-electron chi connectivity index (χ3n) is 5.59. The fourth-order valence-electron chi connectivity index (χ4n) is 4.77. The van der Waals surface area contributed by atoms with Crippen molar-refractivity contribution < 1.29 is 4.79 Å². The van der Waals surface area contributed by atoms with Gasteiger partial charge in [0.2, 0.25) is 5.91 Å². The lowest BCUT2D eigenvalue weighted by Crippen LogP contribution is -2.29. The molecule has 1 unspecified atom stereocenters. The monoisotopic (exact) mass is 255 g/mol. The van der Waals surface area contributed by atoms with Crippen molar-refractivity contribution in [1.29, 1.82) is 0 Å². The Hall–Kier alpha value is -1.31. The molecule has 0 saturated heterocycles. The minimum atomic E-state index is 0.336. The predicted octanol–water partition coefficient (Wildman–Crippen LogP) is 2.64. The molecule has 3 aliphatic carbocycles. The van der Waals surface area contributed by atoms with Crippen molar-refractivity contribution >= 4 is 5.91 Å². The van der Waals surface area contributed by atoms with Gasteiger partial charge in [0.05, 0.1) is 0 Å². The molecule has 5 atom stereocenters. The summed E-state index contributed by atoms with van der Waals surface area (Å²) in [5.74, 6) is 4.01. The van der Waals surface area contributed by atoms with Crippen LogP contribution in [0.5, 0.6) is 0 Å². The van der Waals surface area contributed by atoms with Crippen LogP contribution in [-0.2, 0) is 11.2 Å². The minimum absolute atomic E-state index is 0.336. The Morgan fingerprint density at radius 1 is 1.11 bits per heavy atom. The van der Waals surface area contributed by atoms with Crippen LogP contribution in [-0.4, -0.2) is 12.5 Å². The van der Waals surface area contributed by atoms with Gasteiger partial charge in [-0.25, -0.2) is 0 Å². The molecule has 100 valence electrons. The molecule has 3 saturated carbocycles. The topological polar surface area (TPSA) is 29.1 Å². The lowest BCUT2D eigenvalue weighted by atomic mass is 10.0. The molecule has 1 N–H and O–H groups in total. The van der Waals surface area contributed by atoms with Crippen LogP contribution in [0.25, 0.3) is 0 Å². The fraction of sp³-hybridized carbons (Fsp3) is 0.588. The first-order valence-corrected chi connectivity index (χ1v) is 7.66. The van der Waals surface area contributed by atoms with Gasteiger partial charge in [0.15, 0.2) is 0 Å². The van der Waals surface area contributed by atoms with Crippen molar-refractivity contribution in [2.45, 2.75) is 25.7 Å². The standard InChI is InChI=1S/C17H21NO/c19-17(18-9-8-11-4-2-1-3-5-11)16-14-12-6-7-13(10-12)15(14)16/h1-5,12-16H,6-10H2,(H,18,19)/t12-,13+,14-,15+,16?. The van der Waals surface area contributed by atoms with Crippen molar-refractivity contribution in [3.63, 3.8) is 0 Å². The van der Waals surface area contributed by atoms with E-state index in [9.17, 15) is 4.79 Å². The number of nitrogens with one attached hydrogen (secondary N) is 1. The first-order chi connectivity index (χ1) is 9.34. The molecule has 3 aliphatic rings. The Morgan fingerprint density at radius 3 is 2.47 bits per heavy atom. The highest BCUT2D eigenvalue weighted by molar-refractivity contribution is 5.82. The first-order valence-electron chi connectivity index (χ1n) is 7.66. The zero-order chi connectivity index (χ0) is 12.8. The van der Waals surface area contributed by atoms with E-state index in [4.69, 9.17) is 0 Å². The number of carbonyl (C=O) groups excluding carboxylic acids is 1. The molecule has 2 bridgehead atoms. The Bertz CT molecular complexity index is 467. The normalized spacial score (nSPS) is 38.0. The average molecular weight is 255 g/mol. The predicted molar refractivity (Wildman–Crippen MR) is 74.5 cm³/mol. The quantitative estimate of drug-likeness (QED) is 0.880. The Balaban J connectivity index is 1.27. The summed E-state index contributed by atoms with van der Waals surface area (Å²) in [6.07, 6.45) is 5.14. The summed E-state index contributed by atoms with van der Waals surface area (Å²) >= 11 is 0. The number of amides is 1. The summed E-state index contributed by atoms with van der Waals surface area (Å²) in [6, 6.07) is 10.4. The van der Waals surface area contributed by atoms with Gasteiger partial charge in [-0.2, -0.15) is 0 Å². The molecule has 2 nitrogen and oxygen atoms in total. The van der Waals surface area contributed by atoms with Crippen LogP contribution in [0.1, 0.15) is 24.8 Å². The highest BCUT2D eigenvalue weighted by Gasteiger charge is 2.67. The van der Waals surface area contributed by atoms with Gasteiger partial charge in [-0.05, 0) is 54.9 Å². The van der Waals surface area contributed by atoms with Crippen molar-refractivity contribution in [2.24, 2.45) is 29.6 Å². The number of benzene rings is 1. The molecular formula is C17H21NO. The highest BCUT2D eigenvalue weighted by atomic mass is 16.2. The van der Waals surface area contributed by atoms with E-state index in [1.807, 2.05) is 6.07 Å². The second kappa shape index (κ2) is 4.36. The van der Waals surface area contributed by atoms with Crippen LogP contribution >= 0.6 is 0 Å². The van der Waals surface area contributed by atoms with Gasteiger partial charge in [-0.15, -0.1) is 0 Å². The Kier molecular flexibility index (Phi) is 2.64. The molecule has 0 heterocycles. The van der Waals surface area contributed by atoms with Crippen LogP contribution < -0.4 is 5.32 Å². The van der Waals surface area contributed by atoms with E-state index >= 15 is 0 Å². The summed E-state index contributed by atoms with van der Waals surface area (Å²) in [4.78, 5) is 12.2. The minimum Gasteiger partial charge on any atom is -0.356 e. The van der Waals surface area contributed by atoms with Crippen LogP contribution in [0.15, 0.2) is 30.3 Å². The van der Waals surface area contributed by atoms with Crippen molar-refractivity contribution in [1.82, 2.24) is 5.32 Å². The van der Waals surface area contributed by atoms with E-state index in [-0.39, 0.29) is 0 Å². The first kappa shape index (κ1) is 11.5. The van der Waals surface area contributed by atoms with Crippen LogP contribution in [0.4, 0.5) is 0 Å². The van der Waals surface area contributed by atoms with Crippen LogP contribution in [0.2, 0.25) is 0 Å². The Morgan fingerprint density at radius 2 is 1.79 bits per heavy atom. The largest absolute Gasteiger partial charge is 0.356 e. The van der Waals surface area contributed by atoms with E-state index < -0.39 is 0 Å². The van der Waals surface area contributed by atoms with Gasteiger partial charge in [0, 0.05) is 12.5 Å². The second-order valence-corrected chi connectivity index (χ2v) is 6.54. The zero-order valence-corrected chi connectivity index (χ0v) is 11.2. The van der Waals surface area contributed by atoms with Crippen molar-refractivity contribution in [2.75, 3.05) is 6.54 Å². The summed E-state index contributed by atoms with van der Waals surface area (Å²) < 4.78 is 0. The van der Waals surface area contributed by atoms with Gasteiger partial charge in [0.1, 0.15) is 0 Å². The summed E-state index contributed by atoms with van der Waals surface area (Å²) in [6.45, 7) is 0.786. The van der Waals surface area contributed by atoms with Crippen molar-refractivity contribution in [3.8, 4) is 0 Å². The second-order valence-electron chi connectivity index (χ2n) is 6.54. The highest BCUT2D eigenvalue weighted by Crippen LogP contribution is 2.69. The van der Waals surface area contributed by atoms with E-state index in [0.717, 1.165) is 36.6 Å². The Labute approximate surface area is 114 Å². The molecule has 1 aromatic rings. The third kappa shape index (κ3) is 1.89. The van der Waals surface area contributed by atoms with Gasteiger partial charge < -0.3 is 5.32 Å². The van der Waals surface area contributed by atoms with E-state index in [0.29, 0.717) is 11.8 Å². The summed E-state index contributed by atoms with van der Waals surface area (Å²) in [5.41, 5.74) is 1.30. The number of hydrogen-bond acceptors (Lipinski definition) is 1. The molecule has 0 aromatic heterocycles. The lowest BCUT2D eigenvalue weighted by Gasteiger charge is -2.09. The molecule has 1 aromatic carbocycles. The smallest absolute Gasteiger partial charge is 0.223 e. The van der Waals surface area contributed by atoms with Gasteiger partial charge in [0.25, 0.3) is 0 Å². The zero-order valence-electron chi connectivity index (χ0n) is 11.2. The van der Waals surface area contributed by atoms with Crippen LogP contribution in [0, 0.1) is 29.6 Å². The molecular weight excluding hydrogens is 234 g/mol. The number of rotatable bonds is 4. The summed E-state index contributed by atoms with van der Waals surface area (Å²) in [7, 11) is 0. The number of hydrogen-bond donors (Lipinski definition) is 1. The van der Waals surface area contributed by atoms with Gasteiger partial charge in [-0.1, -0.05) is 30.3 Å². The maximum Gasteiger partial charge on any atom is 0.223 e. The molecule has 2 heteroatoms. The van der Waals surface area contributed by atoms with E-state index in [1.165, 1.54) is 24.8 Å².